The lowest BCUT2D eigenvalue weighted by molar-refractivity contribution is 0.150. The van der Waals surface area contributed by atoms with Crippen molar-refractivity contribution in [3.63, 3.8) is 0 Å². The quantitative estimate of drug-likeness (QED) is 0.918. The SMILES string of the molecule is NC(=O)OCc1cc(Cl)ccc1-c1ccccc1. The van der Waals surface area contributed by atoms with E-state index in [4.69, 9.17) is 22.1 Å². The maximum absolute atomic E-state index is 10.7. The highest BCUT2D eigenvalue weighted by atomic mass is 35.5. The van der Waals surface area contributed by atoms with E-state index in [2.05, 4.69) is 0 Å². The summed E-state index contributed by atoms with van der Waals surface area (Å²) in [5, 5.41) is 0.595. The first-order valence-corrected chi connectivity index (χ1v) is 5.80. The Hall–Kier alpha value is -2.00. The van der Waals surface area contributed by atoms with Gasteiger partial charge < -0.3 is 10.5 Å². The van der Waals surface area contributed by atoms with Crippen molar-refractivity contribution in [3.8, 4) is 11.1 Å². The van der Waals surface area contributed by atoms with Crippen LogP contribution in [0.5, 0.6) is 0 Å². The van der Waals surface area contributed by atoms with E-state index in [-0.39, 0.29) is 6.61 Å². The van der Waals surface area contributed by atoms with E-state index in [1.807, 2.05) is 36.4 Å². The smallest absolute Gasteiger partial charge is 0.404 e. The molecule has 18 heavy (non-hydrogen) atoms. The minimum atomic E-state index is -0.797. The van der Waals surface area contributed by atoms with Gasteiger partial charge in [0.05, 0.1) is 0 Å². The van der Waals surface area contributed by atoms with Crippen LogP contribution in [0.15, 0.2) is 48.5 Å². The third kappa shape index (κ3) is 3.02. The van der Waals surface area contributed by atoms with Gasteiger partial charge in [-0.2, -0.15) is 0 Å². The van der Waals surface area contributed by atoms with E-state index in [1.165, 1.54) is 0 Å². The molecule has 0 saturated carbocycles. The third-order valence-corrected chi connectivity index (χ3v) is 2.76. The van der Waals surface area contributed by atoms with Crippen LogP contribution in [-0.2, 0) is 11.3 Å². The normalized spacial score (nSPS) is 10.1. The molecule has 0 radical (unpaired) electrons. The topological polar surface area (TPSA) is 52.3 Å². The Morgan fingerprint density at radius 1 is 1.17 bits per heavy atom. The lowest BCUT2D eigenvalue weighted by Crippen LogP contribution is -2.12. The minimum absolute atomic E-state index is 0.111. The summed E-state index contributed by atoms with van der Waals surface area (Å²) in [6, 6.07) is 15.3. The van der Waals surface area contributed by atoms with E-state index in [9.17, 15) is 4.79 Å². The molecule has 92 valence electrons. The Morgan fingerprint density at radius 3 is 2.56 bits per heavy atom. The average molecular weight is 262 g/mol. The molecule has 0 saturated heterocycles. The van der Waals surface area contributed by atoms with E-state index >= 15 is 0 Å². The highest BCUT2D eigenvalue weighted by Gasteiger charge is 2.07. The molecule has 2 rings (SSSR count). The maximum Gasteiger partial charge on any atom is 0.404 e. The summed E-state index contributed by atoms with van der Waals surface area (Å²) in [5.41, 5.74) is 7.81. The Morgan fingerprint density at radius 2 is 1.89 bits per heavy atom. The summed E-state index contributed by atoms with van der Waals surface area (Å²) in [6.07, 6.45) is -0.797. The Labute approximate surface area is 110 Å². The van der Waals surface area contributed by atoms with Crippen molar-refractivity contribution in [1.29, 1.82) is 0 Å². The summed E-state index contributed by atoms with van der Waals surface area (Å²) in [6.45, 7) is 0.111. The number of halogens is 1. The molecule has 0 aromatic heterocycles. The summed E-state index contributed by atoms with van der Waals surface area (Å²) in [7, 11) is 0. The lowest BCUT2D eigenvalue weighted by atomic mass is 10.0. The number of rotatable bonds is 3. The first-order valence-electron chi connectivity index (χ1n) is 5.43. The highest BCUT2D eigenvalue weighted by Crippen LogP contribution is 2.26. The largest absolute Gasteiger partial charge is 0.445 e. The zero-order chi connectivity index (χ0) is 13.0. The van der Waals surface area contributed by atoms with Crippen molar-refractivity contribution >= 4 is 17.7 Å². The van der Waals surface area contributed by atoms with Gasteiger partial charge in [-0.15, -0.1) is 0 Å². The Kier molecular flexibility index (Phi) is 3.85. The molecule has 0 aliphatic carbocycles. The number of nitrogens with two attached hydrogens (primary N) is 1. The van der Waals surface area contributed by atoms with Gasteiger partial charge in [0, 0.05) is 5.02 Å². The summed E-state index contributed by atoms with van der Waals surface area (Å²) >= 11 is 5.95. The fourth-order valence-corrected chi connectivity index (χ4v) is 1.92. The van der Waals surface area contributed by atoms with Crippen molar-refractivity contribution in [2.24, 2.45) is 5.73 Å². The predicted molar refractivity (Wildman–Crippen MR) is 71.3 cm³/mol. The van der Waals surface area contributed by atoms with Crippen molar-refractivity contribution in [3.05, 3.63) is 59.1 Å². The molecule has 0 aliphatic heterocycles. The molecule has 1 amide bonds. The summed E-state index contributed by atoms with van der Waals surface area (Å²) in [4.78, 5) is 10.7. The van der Waals surface area contributed by atoms with Crippen molar-refractivity contribution < 1.29 is 9.53 Å². The van der Waals surface area contributed by atoms with Gasteiger partial charge in [0.1, 0.15) is 6.61 Å². The molecule has 2 N–H and O–H groups in total. The predicted octanol–water partition coefficient (Wildman–Crippen LogP) is 3.60. The van der Waals surface area contributed by atoms with Crippen LogP contribution >= 0.6 is 11.6 Å². The molecule has 0 aliphatic rings. The van der Waals surface area contributed by atoms with Crippen molar-refractivity contribution in [2.45, 2.75) is 6.61 Å². The number of hydrogen-bond donors (Lipinski definition) is 1. The van der Waals surface area contributed by atoms with E-state index in [1.54, 1.807) is 12.1 Å². The van der Waals surface area contributed by atoms with Crippen LogP contribution in [0.1, 0.15) is 5.56 Å². The highest BCUT2D eigenvalue weighted by molar-refractivity contribution is 6.30. The Bertz CT molecular complexity index is 555. The van der Waals surface area contributed by atoms with Gasteiger partial charge in [-0.05, 0) is 28.8 Å². The third-order valence-electron chi connectivity index (χ3n) is 2.52. The van der Waals surface area contributed by atoms with Crippen LogP contribution in [0, 0.1) is 0 Å². The lowest BCUT2D eigenvalue weighted by Gasteiger charge is -2.10. The van der Waals surface area contributed by atoms with Gasteiger partial charge in [-0.1, -0.05) is 48.0 Å². The fourth-order valence-electron chi connectivity index (χ4n) is 1.73. The molecule has 0 fully saturated rings. The number of amides is 1. The number of primary amides is 1. The van der Waals surface area contributed by atoms with E-state index in [0.29, 0.717) is 5.02 Å². The molecule has 0 spiro atoms. The second-order valence-electron chi connectivity index (χ2n) is 3.78. The summed E-state index contributed by atoms with van der Waals surface area (Å²) < 4.78 is 4.83. The first-order chi connectivity index (χ1) is 8.66. The number of benzene rings is 2. The molecule has 4 heteroatoms. The van der Waals surface area contributed by atoms with Crippen LogP contribution in [0.4, 0.5) is 4.79 Å². The molecular weight excluding hydrogens is 250 g/mol. The van der Waals surface area contributed by atoms with E-state index < -0.39 is 6.09 Å². The van der Waals surface area contributed by atoms with Gasteiger partial charge in [-0.3, -0.25) is 0 Å². The number of ether oxygens (including phenoxy) is 1. The number of carbonyl (C=O) groups is 1. The second kappa shape index (κ2) is 5.56. The molecule has 0 heterocycles. The van der Waals surface area contributed by atoms with Crippen LogP contribution in [-0.4, -0.2) is 6.09 Å². The van der Waals surface area contributed by atoms with Gasteiger partial charge >= 0.3 is 6.09 Å². The molecule has 0 unspecified atom stereocenters. The first kappa shape index (κ1) is 12.5. The van der Waals surface area contributed by atoms with Crippen LogP contribution < -0.4 is 5.73 Å². The average Bonchev–Trinajstić information content (AvgIpc) is 2.37. The maximum atomic E-state index is 10.7. The fraction of sp³-hybridized carbons (Fsp3) is 0.0714. The monoisotopic (exact) mass is 261 g/mol. The second-order valence-corrected chi connectivity index (χ2v) is 4.21. The standard InChI is InChI=1S/C14H12ClNO2/c15-12-6-7-13(10-4-2-1-3-5-10)11(8-12)9-18-14(16)17/h1-8H,9H2,(H2,16,17). The molecule has 2 aromatic carbocycles. The van der Waals surface area contributed by atoms with E-state index in [0.717, 1.165) is 16.7 Å². The molecule has 3 nitrogen and oxygen atoms in total. The van der Waals surface area contributed by atoms with Crippen LogP contribution in [0.25, 0.3) is 11.1 Å². The number of hydrogen-bond acceptors (Lipinski definition) is 2. The van der Waals surface area contributed by atoms with Gasteiger partial charge in [0.25, 0.3) is 0 Å². The molecular formula is C14H12ClNO2. The zero-order valence-electron chi connectivity index (χ0n) is 9.60. The van der Waals surface area contributed by atoms with Crippen LogP contribution in [0.2, 0.25) is 5.02 Å². The molecule has 2 aromatic rings. The van der Waals surface area contributed by atoms with Gasteiger partial charge in [0.2, 0.25) is 0 Å². The van der Waals surface area contributed by atoms with Gasteiger partial charge in [-0.25, -0.2) is 4.79 Å². The van der Waals surface area contributed by atoms with Gasteiger partial charge in [0.15, 0.2) is 0 Å². The Balaban J connectivity index is 2.37. The molecule has 0 atom stereocenters. The van der Waals surface area contributed by atoms with Crippen LogP contribution in [0.3, 0.4) is 0 Å². The minimum Gasteiger partial charge on any atom is -0.445 e. The number of carbonyl (C=O) groups excluding carboxylic acids is 1. The molecule has 0 bridgehead atoms. The zero-order valence-corrected chi connectivity index (χ0v) is 10.4. The summed E-state index contributed by atoms with van der Waals surface area (Å²) in [5.74, 6) is 0. The van der Waals surface area contributed by atoms with Crippen molar-refractivity contribution in [1.82, 2.24) is 0 Å². The van der Waals surface area contributed by atoms with Crippen molar-refractivity contribution in [2.75, 3.05) is 0 Å².